The van der Waals surface area contributed by atoms with Crippen LogP contribution in [0.15, 0.2) is 65.0 Å². The van der Waals surface area contributed by atoms with E-state index < -0.39 is 12.0 Å². The number of hydrogen-bond donors (Lipinski definition) is 0. The smallest absolute Gasteiger partial charge is 0.329 e. The van der Waals surface area contributed by atoms with Crippen molar-refractivity contribution in [1.82, 2.24) is 9.55 Å². The summed E-state index contributed by atoms with van der Waals surface area (Å²) in [5.41, 5.74) is 2.02. The first-order valence-corrected chi connectivity index (χ1v) is 10.7. The molecule has 0 radical (unpaired) electrons. The van der Waals surface area contributed by atoms with Gasteiger partial charge in [-0.05, 0) is 30.7 Å². The minimum Gasteiger partial charge on any atom is -0.459 e. The third kappa shape index (κ3) is 3.99. The first-order chi connectivity index (χ1) is 14.5. The topological polar surface area (TPSA) is 61.2 Å². The molecule has 4 rings (SSSR count). The van der Waals surface area contributed by atoms with Gasteiger partial charge in [-0.15, -0.1) is 11.3 Å². The molecule has 8 heteroatoms. The van der Waals surface area contributed by atoms with Crippen LogP contribution in [-0.2, 0) is 16.1 Å². The van der Waals surface area contributed by atoms with Crippen LogP contribution in [0.2, 0.25) is 10.0 Å². The summed E-state index contributed by atoms with van der Waals surface area (Å²) in [5, 5.41) is 3.48. The zero-order chi connectivity index (χ0) is 21.3. The zero-order valence-electron chi connectivity index (χ0n) is 15.8. The molecule has 0 aliphatic carbocycles. The molecule has 0 unspecified atom stereocenters. The highest BCUT2D eigenvalue weighted by atomic mass is 35.5. The Hall–Kier alpha value is -2.67. The molecule has 1 atom stereocenters. The number of esters is 1. The molecule has 5 nitrogen and oxygen atoms in total. The summed E-state index contributed by atoms with van der Waals surface area (Å²) in [7, 11) is 0. The van der Waals surface area contributed by atoms with E-state index in [0.717, 1.165) is 11.1 Å². The lowest BCUT2D eigenvalue weighted by Gasteiger charge is -2.14. The molecule has 0 saturated heterocycles. The fourth-order valence-electron chi connectivity index (χ4n) is 3.06. The SMILES string of the molecule is C[C@H](C(=O)OCc1ccccc1Cl)n1cnc2scc(-c3ccc(Cl)cc3)c2c1=O. The number of nitrogens with zero attached hydrogens (tertiary/aromatic N) is 2. The quantitative estimate of drug-likeness (QED) is 0.358. The van der Waals surface area contributed by atoms with E-state index in [1.807, 2.05) is 23.6 Å². The summed E-state index contributed by atoms with van der Waals surface area (Å²) in [5.74, 6) is -0.540. The summed E-state index contributed by atoms with van der Waals surface area (Å²) in [6.45, 7) is 1.64. The molecule has 152 valence electrons. The molecule has 0 bridgehead atoms. The Morgan fingerprint density at radius 3 is 2.63 bits per heavy atom. The number of fused-ring (bicyclic) bond motifs is 1. The van der Waals surface area contributed by atoms with E-state index in [0.29, 0.717) is 25.8 Å². The van der Waals surface area contributed by atoms with Crippen molar-refractivity contribution in [1.29, 1.82) is 0 Å². The maximum Gasteiger partial charge on any atom is 0.329 e. The van der Waals surface area contributed by atoms with Crippen molar-refractivity contribution >= 4 is 50.7 Å². The predicted molar refractivity (Wildman–Crippen MR) is 120 cm³/mol. The van der Waals surface area contributed by atoms with Crippen LogP contribution in [0.3, 0.4) is 0 Å². The van der Waals surface area contributed by atoms with Crippen LogP contribution in [-0.4, -0.2) is 15.5 Å². The molecule has 0 aliphatic rings. The first kappa shape index (κ1) is 20.6. The Morgan fingerprint density at radius 1 is 1.17 bits per heavy atom. The van der Waals surface area contributed by atoms with Gasteiger partial charge in [0.05, 0.1) is 11.7 Å². The van der Waals surface area contributed by atoms with Gasteiger partial charge in [-0.25, -0.2) is 9.78 Å². The van der Waals surface area contributed by atoms with Gasteiger partial charge in [-0.2, -0.15) is 0 Å². The van der Waals surface area contributed by atoms with Gasteiger partial charge in [-0.3, -0.25) is 9.36 Å². The van der Waals surface area contributed by atoms with E-state index >= 15 is 0 Å². The Morgan fingerprint density at radius 2 is 1.90 bits per heavy atom. The predicted octanol–water partition coefficient (Wildman–Crippen LogP) is 5.74. The second-order valence-electron chi connectivity index (χ2n) is 6.67. The van der Waals surface area contributed by atoms with Crippen molar-refractivity contribution in [2.75, 3.05) is 0 Å². The molecule has 2 aromatic heterocycles. The van der Waals surface area contributed by atoms with Crippen LogP contribution in [0.5, 0.6) is 0 Å². The Bertz CT molecular complexity index is 1280. The molecule has 0 N–H and O–H groups in total. The third-order valence-corrected chi connectivity index (χ3v) is 6.27. The van der Waals surface area contributed by atoms with Crippen LogP contribution in [0, 0.1) is 0 Å². The highest BCUT2D eigenvalue weighted by molar-refractivity contribution is 7.17. The summed E-state index contributed by atoms with van der Waals surface area (Å²) < 4.78 is 6.67. The van der Waals surface area contributed by atoms with Gasteiger partial charge < -0.3 is 4.74 Å². The normalized spacial score (nSPS) is 12.1. The summed E-state index contributed by atoms with van der Waals surface area (Å²) >= 11 is 13.5. The highest BCUT2D eigenvalue weighted by Crippen LogP contribution is 2.31. The largest absolute Gasteiger partial charge is 0.459 e. The number of carbonyl (C=O) groups is 1. The van der Waals surface area contributed by atoms with Crippen LogP contribution in [0.1, 0.15) is 18.5 Å². The van der Waals surface area contributed by atoms with Crippen LogP contribution >= 0.6 is 34.5 Å². The summed E-state index contributed by atoms with van der Waals surface area (Å²) in [4.78, 5) is 30.8. The Balaban J connectivity index is 1.63. The second-order valence-corrected chi connectivity index (χ2v) is 8.37. The van der Waals surface area contributed by atoms with E-state index in [4.69, 9.17) is 27.9 Å². The minimum absolute atomic E-state index is 0.0295. The number of hydrogen-bond acceptors (Lipinski definition) is 5. The van der Waals surface area contributed by atoms with E-state index in [9.17, 15) is 9.59 Å². The fraction of sp³-hybridized carbons (Fsp3) is 0.136. The maximum absolute atomic E-state index is 13.2. The van der Waals surface area contributed by atoms with E-state index in [-0.39, 0.29) is 12.2 Å². The Labute approximate surface area is 186 Å². The third-order valence-electron chi connectivity index (χ3n) is 4.76. The maximum atomic E-state index is 13.2. The molecule has 2 aromatic carbocycles. The van der Waals surface area contributed by atoms with E-state index in [1.54, 1.807) is 37.3 Å². The number of aromatic nitrogens is 2. The number of thiophene rings is 1. The highest BCUT2D eigenvalue weighted by Gasteiger charge is 2.21. The summed E-state index contributed by atoms with van der Waals surface area (Å²) in [6.07, 6.45) is 1.38. The van der Waals surface area contributed by atoms with Crippen LogP contribution < -0.4 is 5.56 Å². The number of halogens is 2. The average Bonchev–Trinajstić information content (AvgIpc) is 3.18. The molecule has 0 spiro atoms. The lowest BCUT2D eigenvalue weighted by atomic mass is 10.1. The van der Waals surface area contributed by atoms with E-state index in [1.165, 1.54) is 22.2 Å². The number of ether oxygens (including phenoxy) is 1. The van der Waals surface area contributed by atoms with Crippen molar-refractivity contribution < 1.29 is 9.53 Å². The van der Waals surface area contributed by atoms with Crippen LogP contribution in [0.4, 0.5) is 0 Å². The number of carbonyl (C=O) groups excluding carboxylic acids is 1. The fourth-order valence-corrected chi connectivity index (χ4v) is 4.28. The van der Waals surface area contributed by atoms with Crippen molar-refractivity contribution in [3.63, 3.8) is 0 Å². The zero-order valence-corrected chi connectivity index (χ0v) is 18.2. The number of benzene rings is 2. The molecule has 0 saturated carbocycles. The van der Waals surface area contributed by atoms with E-state index in [2.05, 4.69) is 4.98 Å². The van der Waals surface area contributed by atoms with Gasteiger partial charge in [0.15, 0.2) is 0 Å². The van der Waals surface area contributed by atoms with Gasteiger partial charge in [0.2, 0.25) is 0 Å². The van der Waals surface area contributed by atoms with Gasteiger partial charge >= 0.3 is 5.97 Å². The molecule has 0 aliphatic heterocycles. The molecule has 0 fully saturated rings. The van der Waals surface area contributed by atoms with Crippen LogP contribution in [0.25, 0.3) is 21.3 Å². The standard InChI is InChI=1S/C22H16Cl2N2O3S/c1-13(22(28)29-10-15-4-2-3-5-18(15)24)26-12-25-20-19(21(26)27)17(11-30-20)14-6-8-16(23)9-7-14/h2-9,11-13H,10H2,1H3/t13-/m1/s1. The molecule has 4 aromatic rings. The average molecular weight is 459 g/mol. The van der Waals surface area contributed by atoms with Gasteiger partial charge in [0, 0.05) is 26.6 Å². The van der Waals surface area contributed by atoms with Gasteiger partial charge in [0.25, 0.3) is 5.56 Å². The lowest BCUT2D eigenvalue weighted by molar-refractivity contribution is -0.148. The van der Waals surface area contributed by atoms with Crippen molar-refractivity contribution in [3.8, 4) is 11.1 Å². The lowest BCUT2D eigenvalue weighted by Crippen LogP contribution is -2.29. The van der Waals surface area contributed by atoms with Gasteiger partial charge in [0.1, 0.15) is 17.5 Å². The molecular formula is C22H16Cl2N2O3S. The second kappa shape index (κ2) is 8.60. The first-order valence-electron chi connectivity index (χ1n) is 9.10. The van der Waals surface area contributed by atoms with Crippen molar-refractivity contribution in [2.45, 2.75) is 19.6 Å². The molecule has 2 heterocycles. The molecular weight excluding hydrogens is 443 g/mol. The summed E-state index contributed by atoms with van der Waals surface area (Å²) in [6, 6.07) is 13.5. The Kier molecular flexibility index (Phi) is 5.90. The van der Waals surface area contributed by atoms with Crippen molar-refractivity contribution in [3.05, 3.63) is 86.2 Å². The number of rotatable bonds is 5. The van der Waals surface area contributed by atoms with Gasteiger partial charge in [-0.1, -0.05) is 53.5 Å². The monoisotopic (exact) mass is 458 g/mol. The van der Waals surface area contributed by atoms with Crippen molar-refractivity contribution in [2.24, 2.45) is 0 Å². The molecule has 0 amide bonds. The minimum atomic E-state index is -0.838. The molecule has 30 heavy (non-hydrogen) atoms.